The molecular weight excluding hydrogens is 200 g/mol. The fraction of sp³-hybridized carbons (Fsp3) is 0.200. The summed E-state index contributed by atoms with van der Waals surface area (Å²) in [6, 6.07) is 2.05. The van der Waals surface area contributed by atoms with Crippen molar-refractivity contribution in [3.63, 3.8) is 0 Å². The summed E-state index contributed by atoms with van der Waals surface area (Å²) in [5.74, 6) is 0. The molecule has 0 aromatic carbocycles. The molecule has 0 saturated carbocycles. The minimum absolute atomic E-state index is 0.462. The normalized spacial score (nSPS) is 8.89. The van der Waals surface area contributed by atoms with E-state index in [1.165, 1.54) is 11.3 Å². The molecule has 0 spiro atoms. The van der Waals surface area contributed by atoms with E-state index < -0.39 is 0 Å². The van der Waals surface area contributed by atoms with Crippen LogP contribution in [0.25, 0.3) is 0 Å². The van der Waals surface area contributed by atoms with Crippen molar-refractivity contribution in [1.82, 2.24) is 4.98 Å². The van der Waals surface area contributed by atoms with Gasteiger partial charge in [0, 0.05) is 11.1 Å². The van der Waals surface area contributed by atoms with Gasteiger partial charge < -0.3 is 0 Å². The lowest BCUT2D eigenvalue weighted by molar-refractivity contribution is 1.27. The van der Waals surface area contributed by atoms with E-state index in [2.05, 4.69) is 20.9 Å². The SMILES string of the molecule is N#CCc1cnc(Br)s1. The Hall–Kier alpha value is -0.400. The predicted molar refractivity (Wildman–Crippen MR) is 39.1 cm³/mol. The highest BCUT2D eigenvalue weighted by Crippen LogP contribution is 2.18. The molecule has 4 heteroatoms. The molecule has 46 valence electrons. The maximum absolute atomic E-state index is 8.24. The summed E-state index contributed by atoms with van der Waals surface area (Å²) in [5.41, 5.74) is 0. The van der Waals surface area contributed by atoms with Crippen molar-refractivity contribution < 1.29 is 0 Å². The van der Waals surface area contributed by atoms with E-state index in [4.69, 9.17) is 5.26 Å². The number of aromatic nitrogens is 1. The van der Waals surface area contributed by atoms with Gasteiger partial charge >= 0.3 is 0 Å². The molecule has 0 aliphatic carbocycles. The Kier molecular flexibility index (Phi) is 2.20. The first kappa shape index (κ1) is 6.72. The van der Waals surface area contributed by atoms with Crippen LogP contribution in [0.3, 0.4) is 0 Å². The molecule has 9 heavy (non-hydrogen) atoms. The topological polar surface area (TPSA) is 36.7 Å². The fourth-order valence-corrected chi connectivity index (χ4v) is 1.73. The molecule has 0 aliphatic heterocycles. The van der Waals surface area contributed by atoms with E-state index in [-0.39, 0.29) is 0 Å². The van der Waals surface area contributed by atoms with Crippen LogP contribution in [-0.4, -0.2) is 4.98 Å². The van der Waals surface area contributed by atoms with E-state index >= 15 is 0 Å². The molecule has 1 rings (SSSR count). The van der Waals surface area contributed by atoms with Crippen molar-refractivity contribution in [1.29, 1.82) is 5.26 Å². The molecule has 0 saturated heterocycles. The zero-order valence-corrected chi connectivity index (χ0v) is 6.87. The Morgan fingerprint density at radius 2 is 2.67 bits per heavy atom. The van der Waals surface area contributed by atoms with Crippen LogP contribution in [0.15, 0.2) is 10.1 Å². The molecule has 1 heterocycles. The van der Waals surface area contributed by atoms with Crippen LogP contribution in [0, 0.1) is 11.3 Å². The van der Waals surface area contributed by atoms with Crippen LogP contribution < -0.4 is 0 Å². The van der Waals surface area contributed by atoms with Gasteiger partial charge in [0.2, 0.25) is 0 Å². The van der Waals surface area contributed by atoms with Gasteiger partial charge in [0.15, 0.2) is 3.92 Å². The first-order valence-electron chi connectivity index (χ1n) is 2.30. The molecule has 0 atom stereocenters. The monoisotopic (exact) mass is 202 g/mol. The van der Waals surface area contributed by atoms with Gasteiger partial charge in [-0.3, -0.25) is 0 Å². The van der Waals surface area contributed by atoms with Gasteiger partial charge in [-0.05, 0) is 15.9 Å². The molecule has 1 aromatic heterocycles. The van der Waals surface area contributed by atoms with Gasteiger partial charge in [-0.2, -0.15) is 5.26 Å². The number of nitriles is 1. The summed E-state index contributed by atoms with van der Waals surface area (Å²) < 4.78 is 0.841. The van der Waals surface area contributed by atoms with Gasteiger partial charge in [0.05, 0.1) is 12.5 Å². The minimum atomic E-state index is 0.462. The molecule has 0 aliphatic rings. The second-order valence-electron chi connectivity index (χ2n) is 1.41. The molecule has 0 unspecified atom stereocenters. The molecule has 2 nitrogen and oxygen atoms in total. The number of nitrogens with zero attached hydrogens (tertiary/aromatic N) is 2. The van der Waals surface area contributed by atoms with E-state index in [9.17, 15) is 0 Å². The summed E-state index contributed by atoms with van der Waals surface area (Å²) >= 11 is 4.70. The lowest BCUT2D eigenvalue weighted by atomic mass is 10.4. The van der Waals surface area contributed by atoms with Gasteiger partial charge in [-0.1, -0.05) is 0 Å². The quantitative estimate of drug-likeness (QED) is 0.699. The highest BCUT2D eigenvalue weighted by atomic mass is 79.9. The molecule has 1 aromatic rings. The van der Waals surface area contributed by atoms with E-state index in [0.717, 1.165) is 8.79 Å². The van der Waals surface area contributed by atoms with E-state index in [1.807, 2.05) is 6.07 Å². The summed E-state index contributed by atoms with van der Waals surface area (Å²) in [6.45, 7) is 0. The Morgan fingerprint density at radius 3 is 3.11 bits per heavy atom. The highest BCUT2D eigenvalue weighted by Gasteiger charge is 1.95. The number of hydrogen-bond donors (Lipinski definition) is 0. The van der Waals surface area contributed by atoms with Crippen LogP contribution >= 0.6 is 27.3 Å². The molecule has 0 bridgehead atoms. The molecular formula is C5H3BrN2S. The first-order valence-corrected chi connectivity index (χ1v) is 3.91. The van der Waals surface area contributed by atoms with Crippen molar-refractivity contribution in [2.24, 2.45) is 0 Å². The highest BCUT2D eigenvalue weighted by molar-refractivity contribution is 9.11. The number of halogens is 1. The van der Waals surface area contributed by atoms with Crippen LogP contribution in [0.4, 0.5) is 0 Å². The fourth-order valence-electron chi connectivity index (χ4n) is 0.443. The molecule has 0 fully saturated rings. The van der Waals surface area contributed by atoms with Crippen LogP contribution in [0.1, 0.15) is 4.88 Å². The maximum Gasteiger partial charge on any atom is 0.159 e. The Labute approximate surface area is 65.3 Å². The Balaban J connectivity index is 2.76. The average Bonchev–Trinajstić information content (AvgIpc) is 2.17. The zero-order valence-electron chi connectivity index (χ0n) is 4.47. The predicted octanol–water partition coefficient (Wildman–Crippen LogP) is 1.97. The second-order valence-corrected chi connectivity index (χ2v) is 3.81. The standard InChI is InChI=1S/C5H3BrN2S/c6-5-8-3-4(9-5)1-2-7/h3H,1H2. The third-order valence-corrected chi connectivity index (χ3v) is 2.25. The molecule has 0 N–H and O–H groups in total. The van der Waals surface area contributed by atoms with E-state index in [0.29, 0.717) is 6.42 Å². The number of thiazole rings is 1. The Bertz CT molecular complexity index is 237. The van der Waals surface area contributed by atoms with Crippen molar-refractivity contribution in [3.8, 4) is 6.07 Å². The van der Waals surface area contributed by atoms with Gasteiger partial charge in [0.1, 0.15) is 0 Å². The lowest BCUT2D eigenvalue weighted by Crippen LogP contribution is -1.68. The molecule has 0 amide bonds. The number of rotatable bonds is 1. The Morgan fingerprint density at radius 1 is 1.89 bits per heavy atom. The van der Waals surface area contributed by atoms with Gasteiger partial charge in [-0.15, -0.1) is 11.3 Å². The third kappa shape index (κ3) is 1.77. The first-order chi connectivity index (χ1) is 4.33. The average molecular weight is 203 g/mol. The lowest BCUT2D eigenvalue weighted by Gasteiger charge is -1.75. The van der Waals surface area contributed by atoms with Crippen molar-refractivity contribution in [3.05, 3.63) is 15.0 Å². The number of hydrogen-bond acceptors (Lipinski definition) is 3. The summed E-state index contributed by atoms with van der Waals surface area (Å²) in [7, 11) is 0. The zero-order chi connectivity index (χ0) is 6.69. The smallest absolute Gasteiger partial charge is 0.159 e. The van der Waals surface area contributed by atoms with Crippen molar-refractivity contribution >= 4 is 27.3 Å². The summed E-state index contributed by atoms with van der Waals surface area (Å²) in [6.07, 6.45) is 2.17. The summed E-state index contributed by atoms with van der Waals surface area (Å²) in [5, 5.41) is 8.24. The minimum Gasteiger partial charge on any atom is -0.237 e. The van der Waals surface area contributed by atoms with Gasteiger partial charge in [0.25, 0.3) is 0 Å². The van der Waals surface area contributed by atoms with Gasteiger partial charge in [-0.25, -0.2) is 4.98 Å². The van der Waals surface area contributed by atoms with Crippen LogP contribution in [0.2, 0.25) is 0 Å². The van der Waals surface area contributed by atoms with E-state index in [1.54, 1.807) is 6.20 Å². The maximum atomic E-state index is 8.24. The largest absolute Gasteiger partial charge is 0.237 e. The van der Waals surface area contributed by atoms with Crippen molar-refractivity contribution in [2.45, 2.75) is 6.42 Å². The summed E-state index contributed by atoms with van der Waals surface area (Å²) in [4.78, 5) is 4.92. The second kappa shape index (κ2) is 2.95. The van der Waals surface area contributed by atoms with Crippen molar-refractivity contribution in [2.75, 3.05) is 0 Å². The van der Waals surface area contributed by atoms with Crippen LogP contribution in [0.5, 0.6) is 0 Å². The third-order valence-electron chi connectivity index (χ3n) is 0.779. The molecule has 0 radical (unpaired) electrons. The van der Waals surface area contributed by atoms with Crippen LogP contribution in [-0.2, 0) is 6.42 Å².